The molecule has 0 bridgehead atoms. The maximum absolute atomic E-state index is 12.7. The lowest BCUT2D eigenvalue weighted by molar-refractivity contribution is -0.870. The second-order valence-electron chi connectivity index (χ2n) is 16.0. The molecule has 0 aromatic heterocycles. The van der Waals surface area contributed by atoms with Crippen LogP contribution in [-0.4, -0.2) is 75.6 Å². The van der Waals surface area contributed by atoms with E-state index in [1.54, 1.807) is 0 Å². The lowest BCUT2D eigenvalue weighted by Crippen LogP contribution is -2.37. The maximum atomic E-state index is 12.7. The summed E-state index contributed by atoms with van der Waals surface area (Å²) in [6.07, 6.45) is 57.4. The van der Waals surface area contributed by atoms with Gasteiger partial charge in [0, 0.05) is 13.0 Å². The van der Waals surface area contributed by atoms with E-state index in [0.717, 1.165) is 109 Å². The molecule has 0 rings (SSSR count). The van der Waals surface area contributed by atoms with Crippen LogP contribution in [0.1, 0.15) is 155 Å². The van der Waals surface area contributed by atoms with Gasteiger partial charge >= 0.3 is 13.8 Å². The van der Waals surface area contributed by atoms with Gasteiger partial charge in [0.25, 0.3) is 0 Å². The fourth-order valence-electron chi connectivity index (χ4n) is 5.57. The van der Waals surface area contributed by atoms with Crippen molar-refractivity contribution in [1.29, 1.82) is 0 Å². The lowest BCUT2D eigenvalue weighted by Gasteiger charge is -2.24. The zero-order valence-corrected chi connectivity index (χ0v) is 39.1. The average molecular weight is 845 g/mol. The van der Waals surface area contributed by atoms with Crippen LogP contribution in [0.3, 0.4) is 0 Å². The highest BCUT2D eigenvalue weighted by Gasteiger charge is 2.26. The molecule has 59 heavy (non-hydrogen) atoms. The van der Waals surface area contributed by atoms with Crippen LogP contribution < -0.4 is 0 Å². The summed E-state index contributed by atoms with van der Waals surface area (Å²) in [5.74, 6) is -0.339. The molecule has 0 aromatic carbocycles. The fourth-order valence-corrected chi connectivity index (χ4v) is 6.31. The fraction of sp³-hybridized carbons (Fsp3) is 0.660. The van der Waals surface area contributed by atoms with Crippen LogP contribution in [0.25, 0.3) is 0 Å². The van der Waals surface area contributed by atoms with Gasteiger partial charge < -0.3 is 18.9 Å². The van der Waals surface area contributed by atoms with Crippen LogP contribution in [0.2, 0.25) is 0 Å². The normalized spacial score (nSPS) is 14.6. The molecule has 0 aliphatic heterocycles. The Morgan fingerprint density at radius 3 is 1.49 bits per heavy atom. The Bertz CT molecular complexity index is 1260. The predicted molar refractivity (Wildman–Crippen MR) is 251 cm³/mol. The maximum Gasteiger partial charge on any atom is 0.472 e. The minimum atomic E-state index is -4.29. The highest BCUT2D eigenvalue weighted by molar-refractivity contribution is 7.47. The summed E-state index contributed by atoms with van der Waals surface area (Å²) >= 11 is 0. The number of carbonyl (C=O) groups is 1. The molecule has 0 saturated heterocycles. The Kier molecular flexibility index (Phi) is 40.3. The van der Waals surface area contributed by atoms with Crippen molar-refractivity contribution in [3.8, 4) is 0 Å². The highest BCUT2D eigenvalue weighted by atomic mass is 31.2. The summed E-state index contributed by atoms with van der Waals surface area (Å²) in [5, 5.41) is 0. The van der Waals surface area contributed by atoms with Crippen LogP contribution >= 0.6 is 7.82 Å². The summed E-state index contributed by atoms with van der Waals surface area (Å²) in [5.41, 5.74) is 0. The molecule has 9 heteroatoms. The number of phosphoric acid groups is 1. The third-order valence-electron chi connectivity index (χ3n) is 9.13. The number of phosphoric ester groups is 1. The number of likely N-dealkylation sites (N-methyl/N-ethyl adjacent to an activating group) is 1. The topological polar surface area (TPSA) is 91.3 Å². The second-order valence-corrected chi connectivity index (χ2v) is 17.5. The Morgan fingerprint density at radius 2 is 0.983 bits per heavy atom. The highest BCUT2D eigenvalue weighted by Crippen LogP contribution is 2.43. The Labute approximate surface area is 362 Å². The van der Waals surface area contributed by atoms with E-state index < -0.39 is 13.9 Å². The molecule has 1 N–H and O–H groups in total. The number of allylic oxidation sites excluding steroid dienone is 16. The zero-order valence-electron chi connectivity index (χ0n) is 38.2. The van der Waals surface area contributed by atoms with E-state index in [9.17, 15) is 14.3 Å². The summed E-state index contributed by atoms with van der Waals surface area (Å²) in [4.78, 5) is 22.8. The van der Waals surface area contributed by atoms with Gasteiger partial charge in [-0.3, -0.25) is 13.8 Å². The number of hydrogen-bond donors (Lipinski definition) is 1. The number of unbranched alkanes of at least 4 members (excludes halogenated alkanes) is 11. The predicted octanol–water partition coefficient (Wildman–Crippen LogP) is 13.8. The molecular formula is C50H87NO7P+. The molecule has 0 aliphatic carbocycles. The molecule has 0 saturated carbocycles. The van der Waals surface area contributed by atoms with Crippen molar-refractivity contribution in [3.63, 3.8) is 0 Å². The molecule has 0 aromatic rings. The number of hydrogen-bond acceptors (Lipinski definition) is 6. The van der Waals surface area contributed by atoms with Crippen molar-refractivity contribution >= 4 is 13.8 Å². The Morgan fingerprint density at radius 1 is 0.542 bits per heavy atom. The van der Waals surface area contributed by atoms with E-state index in [4.69, 9.17) is 18.5 Å². The van der Waals surface area contributed by atoms with E-state index in [-0.39, 0.29) is 25.8 Å². The number of esters is 1. The minimum absolute atomic E-state index is 0.0760. The van der Waals surface area contributed by atoms with Gasteiger partial charge in [-0.25, -0.2) is 4.57 Å². The summed E-state index contributed by atoms with van der Waals surface area (Å²) in [6, 6.07) is 0. The van der Waals surface area contributed by atoms with Crippen molar-refractivity contribution in [2.45, 2.75) is 161 Å². The van der Waals surface area contributed by atoms with Gasteiger partial charge in [0.2, 0.25) is 0 Å². The Balaban J connectivity index is 4.23. The first-order valence-electron chi connectivity index (χ1n) is 23.0. The first-order chi connectivity index (χ1) is 28.6. The molecule has 0 spiro atoms. The van der Waals surface area contributed by atoms with E-state index in [2.05, 4.69) is 111 Å². The van der Waals surface area contributed by atoms with Gasteiger partial charge in [0.1, 0.15) is 19.3 Å². The van der Waals surface area contributed by atoms with Crippen LogP contribution in [0.4, 0.5) is 0 Å². The molecule has 2 atom stereocenters. The number of quaternary nitrogens is 1. The molecule has 2 unspecified atom stereocenters. The number of rotatable bonds is 41. The van der Waals surface area contributed by atoms with Crippen molar-refractivity contribution in [1.82, 2.24) is 0 Å². The van der Waals surface area contributed by atoms with Gasteiger partial charge in [-0.1, -0.05) is 156 Å². The third-order valence-corrected chi connectivity index (χ3v) is 10.1. The second kappa shape index (κ2) is 42.1. The number of ether oxygens (including phenoxy) is 2. The summed E-state index contributed by atoms with van der Waals surface area (Å²) in [7, 11) is 1.63. The van der Waals surface area contributed by atoms with Crippen molar-refractivity contribution in [3.05, 3.63) is 97.2 Å². The monoisotopic (exact) mass is 845 g/mol. The van der Waals surface area contributed by atoms with Gasteiger partial charge in [0.15, 0.2) is 0 Å². The molecular weight excluding hydrogens is 758 g/mol. The quantitative estimate of drug-likeness (QED) is 0.0215. The van der Waals surface area contributed by atoms with E-state index >= 15 is 0 Å². The van der Waals surface area contributed by atoms with Crippen molar-refractivity contribution < 1.29 is 37.3 Å². The standard InChI is InChI=1S/C50H86NO7P/c1-6-8-10-12-14-16-18-19-20-21-22-23-24-25-26-27-28-29-30-31-32-34-36-38-40-42-45-55-47-49(48-57-59(53,54)56-46-44-51(3,4)5)58-50(52)43-41-39-37-35-33-17-15-13-11-9-7-2/h8,10,13-16,19-20,22-23,25-26,28-29,31-32,49H,6-7,9,11-12,17-18,21,24,27,30,33-48H2,1-5H3/p+1/b10-8-,15-13-,16-14-,20-19-,23-22-,26-25-,29-28-,32-31-. The average Bonchev–Trinajstić information content (AvgIpc) is 3.19. The van der Waals surface area contributed by atoms with Crippen molar-refractivity contribution in [2.24, 2.45) is 0 Å². The van der Waals surface area contributed by atoms with Gasteiger partial charge in [-0.15, -0.1) is 0 Å². The SMILES string of the molecule is CC/C=C\C/C=C\C/C=C\C/C=C\C/C=C\C/C=C\C/C=C\CCCCCCOCC(COP(=O)(O)OCC[N+](C)(C)C)OC(=O)CCCCCCC/C=C\CCCC. The number of carbonyl (C=O) groups excluding carboxylic acids is 1. The van der Waals surface area contributed by atoms with E-state index in [0.29, 0.717) is 24.1 Å². The van der Waals surface area contributed by atoms with Crippen molar-refractivity contribution in [2.75, 3.05) is 54.1 Å². The van der Waals surface area contributed by atoms with Crippen LogP contribution in [0, 0.1) is 0 Å². The minimum Gasteiger partial charge on any atom is -0.457 e. The van der Waals surface area contributed by atoms with Crippen LogP contribution in [-0.2, 0) is 27.9 Å². The molecule has 0 fully saturated rings. The Hall–Kier alpha value is -2.58. The zero-order chi connectivity index (χ0) is 43.4. The van der Waals surface area contributed by atoms with Crippen LogP contribution in [0.5, 0.6) is 0 Å². The molecule has 0 heterocycles. The van der Waals surface area contributed by atoms with E-state index in [1.165, 1.54) is 25.7 Å². The molecule has 0 radical (unpaired) electrons. The smallest absolute Gasteiger partial charge is 0.457 e. The first kappa shape index (κ1) is 56.4. The molecule has 338 valence electrons. The first-order valence-corrected chi connectivity index (χ1v) is 24.5. The number of nitrogens with zero attached hydrogens (tertiary/aromatic N) is 1. The molecule has 8 nitrogen and oxygen atoms in total. The summed E-state index contributed by atoms with van der Waals surface area (Å²) < 4.78 is 34.9. The third kappa shape index (κ3) is 46.3. The largest absolute Gasteiger partial charge is 0.472 e. The molecule has 0 aliphatic rings. The van der Waals surface area contributed by atoms with E-state index in [1.807, 2.05) is 21.1 Å². The van der Waals surface area contributed by atoms with Gasteiger partial charge in [-0.05, 0) is 89.9 Å². The lowest BCUT2D eigenvalue weighted by atomic mass is 10.1. The van der Waals surface area contributed by atoms with Crippen LogP contribution in [0.15, 0.2) is 97.2 Å². The van der Waals surface area contributed by atoms with Gasteiger partial charge in [0.05, 0.1) is 34.4 Å². The molecule has 0 amide bonds. The summed E-state index contributed by atoms with van der Waals surface area (Å²) in [6.45, 7) is 5.36. The van der Waals surface area contributed by atoms with Gasteiger partial charge in [-0.2, -0.15) is 0 Å².